The molecular formula is C13H13F3N2S. The molecular weight excluding hydrogens is 273 g/mol. The van der Waals surface area contributed by atoms with Gasteiger partial charge >= 0.3 is 6.18 Å². The number of hydrogen-bond acceptors (Lipinski definition) is 3. The number of benzene rings is 1. The summed E-state index contributed by atoms with van der Waals surface area (Å²) in [7, 11) is 0. The van der Waals surface area contributed by atoms with E-state index >= 15 is 0 Å². The fourth-order valence-corrected chi connectivity index (χ4v) is 3.46. The zero-order valence-electron chi connectivity index (χ0n) is 10.4. The van der Waals surface area contributed by atoms with Crippen LogP contribution in [0.15, 0.2) is 23.2 Å². The van der Waals surface area contributed by atoms with Crippen LogP contribution in [0.4, 0.5) is 13.2 Å². The van der Waals surface area contributed by atoms with Crippen LogP contribution in [0.25, 0.3) is 0 Å². The minimum atomic E-state index is -4.28. The van der Waals surface area contributed by atoms with Crippen molar-refractivity contribution in [1.82, 2.24) is 4.90 Å². The van der Waals surface area contributed by atoms with Gasteiger partial charge in [0, 0.05) is 12.3 Å². The van der Waals surface area contributed by atoms with Gasteiger partial charge in [0.05, 0.1) is 18.2 Å². The molecule has 2 aliphatic heterocycles. The van der Waals surface area contributed by atoms with Crippen LogP contribution in [0.3, 0.4) is 0 Å². The third-order valence-electron chi connectivity index (χ3n) is 3.55. The van der Waals surface area contributed by atoms with Crippen LogP contribution < -0.4 is 0 Å². The fraction of sp³-hybridized carbons (Fsp3) is 0.462. The first-order chi connectivity index (χ1) is 8.97. The van der Waals surface area contributed by atoms with Crippen LogP contribution in [0.2, 0.25) is 0 Å². The molecule has 2 heterocycles. The van der Waals surface area contributed by atoms with Crippen molar-refractivity contribution in [2.24, 2.45) is 4.99 Å². The average Bonchev–Trinajstić information content (AvgIpc) is 2.96. The summed E-state index contributed by atoms with van der Waals surface area (Å²) in [5, 5.41) is 0.956. The molecule has 0 saturated heterocycles. The molecule has 0 spiro atoms. The Kier molecular flexibility index (Phi) is 3.00. The summed E-state index contributed by atoms with van der Waals surface area (Å²) in [6.45, 7) is 3.39. The van der Waals surface area contributed by atoms with Crippen LogP contribution in [0, 0.1) is 0 Å². The first kappa shape index (κ1) is 12.8. The summed E-state index contributed by atoms with van der Waals surface area (Å²) < 4.78 is 38.2. The van der Waals surface area contributed by atoms with Gasteiger partial charge in [-0.2, -0.15) is 13.2 Å². The van der Waals surface area contributed by atoms with E-state index in [0.29, 0.717) is 6.54 Å². The molecule has 102 valence electrons. The van der Waals surface area contributed by atoms with E-state index in [1.807, 2.05) is 6.92 Å². The first-order valence-corrected chi connectivity index (χ1v) is 7.09. The van der Waals surface area contributed by atoms with Crippen LogP contribution in [-0.4, -0.2) is 22.4 Å². The van der Waals surface area contributed by atoms with Gasteiger partial charge in [0.15, 0.2) is 5.17 Å². The highest BCUT2D eigenvalue weighted by Gasteiger charge is 2.35. The molecule has 2 aliphatic rings. The van der Waals surface area contributed by atoms with Crippen LogP contribution in [0.5, 0.6) is 0 Å². The molecule has 19 heavy (non-hydrogen) atoms. The normalized spacial score (nSPS) is 22.6. The summed E-state index contributed by atoms with van der Waals surface area (Å²) in [6.07, 6.45) is -4.28. The molecule has 1 atom stereocenters. The molecule has 2 nitrogen and oxygen atoms in total. The topological polar surface area (TPSA) is 15.6 Å². The Hall–Kier alpha value is -1.17. The van der Waals surface area contributed by atoms with Gasteiger partial charge in [-0.15, -0.1) is 0 Å². The Morgan fingerprint density at radius 1 is 1.37 bits per heavy atom. The van der Waals surface area contributed by atoms with Crippen LogP contribution in [0.1, 0.15) is 29.7 Å². The largest absolute Gasteiger partial charge is 0.416 e. The number of rotatable bonds is 0. The van der Waals surface area contributed by atoms with Crippen molar-refractivity contribution in [3.8, 4) is 0 Å². The van der Waals surface area contributed by atoms with E-state index in [2.05, 4.69) is 9.89 Å². The second-order valence-electron chi connectivity index (χ2n) is 4.73. The second kappa shape index (κ2) is 4.44. The highest BCUT2D eigenvalue weighted by molar-refractivity contribution is 8.14. The summed E-state index contributed by atoms with van der Waals surface area (Å²) in [5.41, 5.74) is 1.17. The van der Waals surface area contributed by atoms with Crippen LogP contribution >= 0.6 is 11.8 Å². The van der Waals surface area contributed by atoms with E-state index < -0.39 is 11.7 Å². The van der Waals surface area contributed by atoms with Crippen molar-refractivity contribution in [2.75, 3.05) is 12.3 Å². The molecule has 0 N–H and O–H groups in total. The van der Waals surface area contributed by atoms with Crippen molar-refractivity contribution in [3.63, 3.8) is 0 Å². The van der Waals surface area contributed by atoms with Crippen molar-refractivity contribution in [1.29, 1.82) is 0 Å². The van der Waals surface area contributed by atoms with Crippen molar-refractivity contribution in [3.05, 3.63) is 34.9 Å². The number of halogens is 3. The summed E-state index contributed by atoms with van der Waals surface area (Å²) in [5.74, 6) is 0.961. The number of thioether (sulfide) groups is 1. The quantitative estimate of drug-likeness (QED) is 0.723. The molecule has 0 aromatic heterocycles. The summed E-state index contributed by atoms with van der Waals surface area (Å²) >= 11 is 1.68. The molecule has 6 heteroatoms. The maximum Gasteiger partial charge on any atom is 0.416 e. The molecule has 0 amide bonds. The predicted octanol–water partition coefficient (Wildman–Crippen LogP) is 3.68. The van der Waals surface area contributed by atoms with E-state index in [9.17, 15) is 13.2 Å². The standard InChI is InChI=1S/C13H13F3N2S/c1-8-11-6-10(13(14,15)16)3-2-9(11)7-18(8)12-17-4-5-19-12/h2-3,6,8H,4-5,7H2,1H3. The van der Waals surface area contributed by atoms with E-state index in [1.165, 1.54) is 12.1 Å². The smallest absolute Gasteiger partial charge is 0.340 e. The van der Waals surface area contributed by atoms with Crippen LogP contribution in [-0.2, 0) is 12.7 Å². The van der Waals surface area contributed by atoms with E-state index in [4.69, 9.17) is 0 Å². The molecule has 0 fully saturated rings. The zero-order valence-corrected chi connectivity index (χ0v) is 11.2. The van der Waals surface area contributed by atoms with Gasteiger partial charge in [-0.1, -0.05) is 17.8 Å². The minimum Gasteiger partial charge on any atom is -0.340 e. The highest BCUT2D eigenvalue weighted by Crippen LogP contribution is 2.39. The number of hydrogen-bond donors (Lipinski definition) is 0. The number of fused-ring (bicyclic) bond motifs is 1. The Balaban J connectivity index is 1.93. The number of alkyl halides is 3. The second-order valence-corrected chi connectivity index (χ2v) is 5.79. The predicted molar refractivity (Wildman–Crippen MR) is 70.2 cm³/mol. The summed E-state index contributed by atoms with van der Waals surface area (Å²) in [6, 6.07) is 4.00. The van der Waals surface area contributed by atoms with Gasteiger partial charge in [0.25, 0.3) is 0 Å². The Labute approximate surface area is 113 Å². The lowest BCUT2D eigenvalue weighted by molar-refractivity contribution is -0.137. The Bertz CT molecular complexity index is 539. The molecule has 3 rings (SSSR count). The lowest BCUT2D eigenvalue weighted by Gasteiger charge is -2.23. The van der Waals surface area contributed by atoms with Gasteiger partial charge in [-0.25, -0.2) is 0 Å². The van der Waals surface area contributed by atoms with Gasteiger partial charge < -0.3 is 4.90 Å². The van der Waals surface area contributed by atoms with Gasteiger partial charge in [-0.3, -0.25) is 4.99 Å². The molecule has 1 aromatic rings. The lowest BCUT2D eigenvalue weighted by Crippen LogP contribution is -2.24. The number of aliphatic imine (C=N–C) groups is 1. The van der Waals surface area contributed by atoms with E-state index in [0.717, 1.165) is 28.6 Å². The minimum absolute atomic E-state index is 0.0401. The van der Waals surface area contributed by atoms with Gasteiger partial charge in [-0.05, 0) is 30.2 Å². The third kappa shape index (κ3) is 2.22. The van der Waals surface area contributed by atoms with Crippen molar-refractivity contribution < 1.29 is 13.2 Å². The monoisotopic (exact) mass is 286 g/mol. The Morgan fingerprint density at radius 3 is 2.79 bits per heavy atom. The summed E-state index contributed by atoms with van der Waals surface area (Å²) in [4.78, 5) is 6.49. The molecule has 1 unspecified atom stereocenters. The third-order valence-corrected chi connectivity index (χ3v) is 4.56. The molecule has 0 saturated carbocycles. The molecule has 0 aliphatic carbocycles. The van der Waals surface area contributed by atoms with E-state index in [1.54, 1.807) is 17.8 Å². The SMILES string of the molecule is CC1c2cc(C(F)(F)F)ccc2CN1C1=NCCS1. The maximum atomic E-state index is 12.7. The van der Waals surface area contributed by atoms with E-state index in [-0.39, 0.29) is 6.04 Å². The zero-order chi connectivity index (χ0) is 13.6. The highest BCUT2D eigenvalue weighted by atomic mass is 32.2. The number of amidine groups is 1. The van der Waals surface area contributed by atoms with Crippen molar-refractivity contribution in [2.45, 2.75) is 25.7 Å². The number of nitrogens with zero attached hydrogens (tertiary/aromatic N) is 2. The molecule has 1 aromatic carbocycles. The maximum absolute atomic E-state index is 12.7. The lowest BCUT2D eigenvalue weighted by atomic mass is 10.0. The van der Waals surface area contributed by atoms with Gasteiger partial charge in [0.1, 0.15) is 0 Å². The Morgan fingerprint density at radius 2 is 2.16 bits per heavy atom. The van der Waals surface area contributed by atoms with Crippen molar-refractivity contribution >= 4 is 16.9 Å². The molecule has 0 bridgehead atoms. The molecule has 0 radical (unpaired) electrons. The van der Waals surface area contributed by atoms with Gasteiger partial charge in [0.2, 0.25) is 0 Å². The average molecular weight is 286 g/mol. The fourth-order valence-electron chi connectivity index (χ4n) is 2.52. The first-order valence-electron chi connectivity index (χ1n) is 6.11.